The molecular weight excluding hydrogens is 467 g/mol. The van der Waals surface area contributed by atoms with Gasteiger partial charge in [0.1, 0.15) is 5.75 Å². The Morgan fingerprint density at radius 1 is 1.00 bits per heavy atom. The molecule has 1 aliphatic heterocycles. The summed E-state index contributed by atoms with van der Waals surface area (Å²) >= 11 is 6.35. The maximum absolute atomic E-state index is 12.7. The van der Waals surface area contributed by atoms with Gasteiger partial charge in [-0.05, 0) is 41.8 Å². The Hall–Kier alpha value is -3.32. The quantitative estimate of drug-likeness (QED) is 0.351. The smallest absolute Gasteiger partial charge is 0.466 e. The molecule has 0 aromatic heterocycles. The van der Waals surface area contributed by atoms with Crippen molar-refractivity contribution in [3.8, 4) is 16.9 Å². The average Bonchev–Trinajstić information content (AvgIpc) is 3.25. The monoisotopic (exact) mass is 487 g/mol. The van der Waals surface area contributed by atoms with Crippen molar-refractivity contribution in [1.29, 1.82) is 0 Å². The first kappa shape index (κ1) is 23.8. The van der Waals surface area contributed by atoms with Crippen molar-refractivity contribution in [2.75, 3.05) is 6.61 Å². The van der Waals surface area contributed by atoms with Crippen LogP contribution in [-0.4, -0.2) is 24.7 Å². The first-order chi connectivity index (χ1) is 16.2. The highest BCUT2D eigenvalue weighted by atomic mass is 35.5. The molecule has 34 heavy (non-hydrogen) atoms. The van der Waals surface area contributed by atoms with Crippen molar-refractivity contribution >= 4 is 23.3 Å². The summed E-state index contributed by atoms with van der Waals surface area (Å²) in [6.07, 6.45) is -4.32. The van der Waals surface area contributed by atoms with Gasteiger partial charge in [0.15, 0.2) is 0 Å². The van der Waals surface area contributed by atoms with Crippen LogP contribution in [0.2, 0.25) is 5.02 Å². The molecule has 0 bridgehead atoms. The van der Waals surface area contributed by atoms with E-state index in [1.165, 1.54) is 12.1 Å². The van der Waals surface area contributed by atoms with Gasteiger partial charge in [-0.25, -0.2) is 0 Å². The van der Waals surface area contributed by atoms with Gasteiger partial charge >= 0.3 is 12.3 Å². The molecule has 0 fully saturated rings. The second-order valence-corrected chi connectivity index (χ2v) is 8.16. The fourth-order valence-electron chi connectivity index (χ4n) is 4.00. The van der Waals surface area contributed by atoms with Crippen molar-refractivity contribution in [2.45, 2.75) is 25.7 Å². The summed E-state index contributed by atoms with van der Waals surface area (Å²) < 4.78 is 46.4. The average molecular weight is 488 g/mol. The van der Waals surface area contributed by atoms with E-state index >= 15 is 0 Å². The zero-order valence-electron chi connectivity index (χ0n) is 18.2. The second-order valence-electron chi connectivity index (χ2n) is 7.76. The number of hydrogen-bond acceptors (Lipinski definition) is 4. The molecule has 1 heterocycles. The van der Waals surface area contributed by atoms with Crippen LogP contribution in [0.4, 0.5) is 13.2 Å². The van der Waals surface area contributed by atoms with Crippen molar-refractivity contribution in [1.82, 2.24) is 0 Å². The highest BCUT2D eigenvalue weighted by molar-refractivity contribution is 6.34. The number of rotatable bonds is 6. The number of carbonyl (C=O) groups excluding carboxylic acids is 1. The summed E-state index contributed by atoms with van der Waals surface area (Å²) in [6, 6.07) is 20.0. The van der Waals surface area contributed by atoms with Gasteiger partial charge in [-0.2, -0.15) is 0 Å². The first-order valence-corrected chi connectivity index (χ1v) is 11.1. The number of alkyl halides is 3. The number of nitrogens with zero attached hydrogens (tertiary/aromatic N) is 1. The fraction of sp³-hybridized carbons (Fsp3) is 0.231. The minimum absolute atomic E-state index is 0.274. The van der Waals surface area contributed by atoms with E-state index in [2.05, 4.69) is 4.74 Å². The summed E-state index contributed by atoms with van der Waals surface area (Å²) in [6.45, 7) is 2.04. The van der Waals surface area contributed by atoms with Crippen LogP contribution in [0.15, 0.2) is 77.8 Å². The van der Waals surface area contributed by atoms with E-state index in [9.17, 15) is 18.0 Å². The lowest BCUT2D eigenvalue weighted by molar-refractivity contribution is -0.274. The van der Waals surface area contributed by atoms with Crippen LogP contribution < -0.4 is 4.74 Å². The van der Waals surface area contributed by atoms with E-state index in [4.69, 9.17) is 21.3 Å². The lowest BCUT2D eigenvalue weighted by atomic mass is 9.90. The highest BCUT2D eigenvalue weighted by Gasteiger charge is 2.37. The largest absolute Gasteiger partial charge is 0.573 e. The lowest BCUT2D eigenvalue weighted by Crippen LogP contribution is -2.21. The summed E-state index contributed by atoms with van der Waals surface area (Å²) in [5, 5.41) is 0.567. The molecule has 0 N–H and O–H groups in total. The molecule has 0 saturated carbocycles. The van der Waals surface area contributed by atoms with Crippen LogP contribution in [0, 0.1) is 5.92 Å². The van der Waals surface area contributed by atoms with E-state index in [0.717, 1.165) is 28.0 Å². The molecule has 0 saturated heterocycles. The molecule has 0 aliphatic carbocycles. The van der Waals surface area contributed by atoms with Gasteiger partial charge in [0, 0.05) is 22.7 Å². The van der Waals surface area contributed by atoms with Crippen LogP contribution in [-0.2, 0) is 9.53 Å². The van der Waals surface area contributed by atoms with Gasteiger partial charge in [0.25, 0.3) is 0 Å². The number of benzene rings is 3. The molecule has 0 radical (unpaired) electrons. The predicted octanol–water partition coefficient (Wildman–Crippen LogP) is 7.02. The number of esters is 1. The lowest BCUT2D eigenvalue weighted by Gasteiger charge is -2.17. The minimum atomic E-state index is -4.73. The number of halogens is 4. The molecule has 8 heteroatoms. The topological polar surface area (TPSA) is 47.9 Å². The number of carbonyl (C=O) groups is 1. The van der Waals surface area contributed by atoms with E-state index in [1.807, 2.05) is 42.5 Å². The third-order valence-corrected chi connectivity index (χ3v) is 5.87. The third-order valence-electron chi connectivity index (χ3n) is 5.54. The molecule has 3 aromatic carbocycles. The van der Waals surface area contributed by atoms with E-state index in [0.29, 0.717) is 11.4 Å². The van der Waals surface area contributed by atoms with Crippen molar-refractivity contribution in [3.05, 3.63) is 88.9 Å². The SMILES string of the molecule is CCOC(=O)C1CC(c2ccccc2Cl)=NC1c1ccc(-c2ccc(OC(F)(F)F)cc2)cc1. The van der Waals surface area contributed by atoms with Gasteiger partial charge in [0.2, 0.25) is 0 Å². The standard InChI is InChI=1S/C26H21ClF3NO3/c1-2-33-25(32)21-15-23(20-5-3-4-6-22(20)27)31-24(21)18-9-7-16(8-10-18)17-11-13-19(14-12-17)34-26(28,29)30/h3-14,21,24H,2,15H2,1H3. The normalized spacial score (nSPS) is 17.9. The van der Waals surface area contributed by atoms with Crippen molar-refractivity contribution in [3.63, 3.8) is 0 Å². The molecule has 0 amide bonds. The molecule has 2 unspecified atom stereocenters. The van der Waals surface area contributed by atoms with Gasteiger partial charge in [-0.15, -0.1) is 13.2 Å². The van der Waals surface area contributed by atoms with E-state index < -0.39 is 18.3 Å². The van der Waals surface area contributed by atoms with E-state index in [-0.39, 0.29) is 18.3 Å². The molecule has 0 spiro atoms. The van der Waals surface area contributed by atoms with Gasteiger partial charge in [0.05, 0.1) is 18.6 Å². The van der Waals surface area contributed by atoms with Gasteiger partial charge in [-0.3, -0.25) is 9.79 Å². The molecule has 4 rings (SSSR count). The Labute approximate surface area is 200 Å². The first-order valence-electron chi connectivity index (χ1n) is 10.7. The van der Waals surface area contributed by atoms with Crippen molar-refractivity contribution in [2.24, 2.45) is 10.9 Å². The second kappa shape index (κ2) is 9.89. The molecule has 2 atom stereocenters. The molecule has 1 aliphatic rings. The van der Waals surface area contributed by atoms with Gasteiger partial charge in [-0.1, -0.05) is 66.2 Å². The predicted molar refractivity (Wildman–Crippen MR) is 124 cm³/mol. The fourth-order valence-corrected chi connectivity index (χ4v) is 4.24. The van der Waals surface area contributed by atoms with Crippen molar-refractivity contribution < 1.29 is 27.4 Å². The molecular formula is C26H21ClF3NO3. The molecule has 176 valence electrons. The highest BCUT2D eigenvalue weighted by Crippen LogP contribution is 2.39. The Balaban J connectivity index is 1.60. The summed E-state index contributed by atoms with van der Waals surface area (Å²) in [5.74, 6) is -1.07. The Morgan fingerprint density at radius 3 is 2.21 bits per heavy atom. The zero-order valence-corrected chi connectivity index (χ0v) is 18.9. The Bertz CT molecular complexity index is 1190. The van der Waals surface area contributed by atoms with Crippen LogP contribution in [0.25, 0.3) is 11.1 Å². The maximum atomic E-state index is 12.7. The maximum Gasteiger partial charge on any atom is 0.573 e. The van der Waals surface area contributed by atoms with E-state index in [1.54, 1.807) is 25.1 Å². The molecule has 4 nitrogen and oxygen atoms in total. The van der Waals surface area contributed by atoms with Crippen LogP contribution >= 0.6 is 11.6 Å². The summed E-state index contributed by atoms with van der Waals surface area (Å²) in [5.41, 5.74) is 3.91. The van der Waals surface area contributed by atoms with Crippen LogP contribution in [0.5, 0.6) is 5.75 Å². The van der Waals surface area contributed by atoms with Crippen LogP contribution in [0.3, 0.4) is 0 Å². The third kappa shape index (κ3) is 5.42. The summed E-state index contributed by atoms with van der Waals surface area (Å²) in [7, 11) is 0. The number of hydrogen-bond donors (Lipinski definition) is 0. The number of ether oxygens (including phenoxy) is 2. The number of aliphatic imine (C=N–C) groups is 1. The summed E-state index contributed by atoms with van der Waals surface area (Å²) in [4.78, 5) is 17.5. The minimum Gasteiger partial charge on any atom is -0.466 e. The zero-order chi connectivity index (χ0) is 24.3. The van der Waals surface area contributed by atoms with Gasteiger partial charge < -0.3 is 9.47 Å². The molecule has 3 aromatic rings. The Kier molecular flexibility index (Phi) is 6.93. The van der Waals surface area contributed by atoms with Crippen LogP contribution in [0.1, 0.15) is 30.5 Å². The Morgan fingerprint density at radius 2 is 1.62 bits per heavy atom.